The number of hydrogen-bond donors (Lipinski definition) is 3. The van der Waals surface area contributed by atoms with Gasteiger partial charge in [-0.1, -0.05) is 60.7 Å². The molecule has 0 aliphatic rings. The highest BCUT2D eigenvalue weighted by Gasteiger charge is 2.42. The van der Waals surface area contributed by atoms with E-state index >= 15 is 0 Å². The third-order valence-electron chi connectivity index (χ3n) is 4.25. The van der Waals surface area contributed by atoms with Crippen LogP contribution in [0.5, 0.6) is 11.5 Å². The molecule has 160 valence electrons. The van der Waals surface area contributed by atoms with Crippen molar-refractivity contribution in [3.05, 3.63) is 96.1 Å². The van der Waals surface area contributed by atoms with Crippen molar-refractivity contribution in [2.45, 2.75) is 5.78 Å². The summed E-state index contributed by atoms with van der Waals surface area (Å²) in [6.45, 7) is 0. The highest BCUT2D eigenvalue weighted by Crippen LogP contribution is 2.59. The Kier molecular flexibility index (Phi) is 6.95. The van der Waals surface area contributed by atoms with E-state index in [1.807, 2.05) is 0 Å². The molecular weight excluding hydrogens is 417 g/mol. The number of benzene rings is 3. The van der Waals surface area contributed by atoms with Crippen LogP contribution in [0.1, 0.15) is 16.9 Å². The van der Waals surface area contributed by atoms with E-state index in [0.29, 0.717) is 22.6 Å². The monoisotopic (exact) mass is 439 g/mol. The first-order chi connectivity index (χ1) is 14.9. The molecule has 0 fully saturated rings. The number of hydrogen-bond acceptors (Lipinski definition) is 6. The molecule has 1 atom stereocenters. The Balaban J connectivity index is 2.07. The van der Waals surface area contributed by atoms with Crippen LogP contribution in [0.15, 0.2) is 84.9 Å². The maximum Gasteiger partial charge on any atom is 0.457 e. The van der Waals surface area contributed by atoms with Crippen LogP contribution in [0.4, 0.5) is 4.79 Å². The van der Waals surface area contributed by atoms with Gasteiger partial charge in [-0.05, 0) is 29.8 Å². The number of carbonyl (C=O) groups excluding carboxylic acids is 1. The zero-order valence-corrected chi connectivity index (χ0v) is 17.6. The van der Waals surface area contributed by atoms with Crippen molar-refractivity contribution < 1.29 is 23.1 Å². The second-order valence-corrected chi connectivity index (χ2v) is 8.38. The largest absolute Gasteiger partial charge is 0.457 e. The van der Waals surface area contributed by atoms with Crippen molar-refractivity contribution in [1.29, 1.82) is 5.41 Å². The summed E-state index contributed by atoms with van der Waals surface area (Å²) in [5.74, 6) is -0.716. The van der Waals surface area contributed by atoms with Gasteiger partial charge in [-0.3, -0.25) is 5.41 Å². The van der Waals surface area contributed by atoms with Crippen LogP contribution < -0.4 is 20.1 Å². The molecule has 0 saturated heterocycles. The van der Waals surface area contributed by atoms with Gasteiger partial charge in [0.2, 0.25) is 0 Å². The average molecular weight is 439 g/mol. The van der Waals surface area contributed by atoms with Gasteiger partial charge in [0, 0.05) is 5.56 Å². The van der Waals surface area contributed by atoms with Crippen molar-refractivity contribution in [2.24, 2.45) is 5.73 Å². The Bertz CT molecular complexity index is 1030. The predicted octanol–water partition coefficient (Wildman–Crippen LogP) is 4.68. The van der Waals surface area contributed by atoms with Crippen LogP contribution >= 0.6 is 7.60 Å². The lowest BCUT2D eigenvalue weighted by molar-refractivity contribution is 0.168. The number of para-hydroxylation sites is 2. The predicted molar refractivity (Wildman–Crippen MR) is 117 cm³/mol. The van der Waals surface area contributed by atoms with Crippen molar-refractivity contribution >= 4 is 19.5 Å². The molecule has 31 heavy (non-hydrogen) atoms. The molecule has 3 aromatic carbocycles. The first-order valence-electron chi connectivity index (χ1n) is 9.29. The molecule has 0 aliphatic carbocycles. The maximum atomic E-state index is 14.1. The highest BCUT2D eigenvalue weighted by atomic mass is 31.2. The topological polar surface area (TPSA) is 124 Å². The molecule has 3 aromatic rings. The van der Waals surface area contributed by atoms with Crippen molar-refractivity contribution in [1.82, 2.24) is 5.32 Å². The van der Waals surface area contributed by atoms with Gasteiger partial charge < -0.3 is 24.8 Å². The summed E-state index contributed by atoms with van der Waals surface area (Å²) >= 11 is 0. The van der Waals surface area contributed by atoms with Gasteiger partial charge in [0.1, 0.15) is 17.3 Å². The van der Waals surface area contributed by atoms with Gasteiger partial charge in [-0.2, -0.15) is 0 Å². The summed E-state index contributed by atoms with van der Waals surface area (Å²) in [6, 6.07) is 23.4. The minimum absolute atomic E-state index is 0.117. The van der Waals surface area contributed by atoms with E-state index in [1.54, 1.807) is 84.9 Å². The summed E-state index contributed by atoms with van der Waals surface area (Å²) in [7, 11) is -2.90. The number of carbonyl (C=O) groups is 1. The van der Waals surface area contributed by atoms with Crippen LogP contribution in [0.25, 0.3) is 0 Å². The first kappa shape index (κ1) is 21.9. The number of nitrogens with one attached hydrogen (secondary N) is 2. The Morgan fingerprint density at radius 3 is 1.81 bits per heavy atom. The van der Waals surface area contributed by atoms with Crippen LogP contribution in [-0.2, 0) is 9.30 Å². The van der Waals surface area contributed by atoms with Crippen molar-refractivity contribution in [3.63, 3.8) is 0 Å². The Morgan fingerprint density at radius 2 is 1.39 bits per heavy atom. The number of ether oxygens (including phenoxy) is 1. The molecule has 8 nitrogen and oxygen atoms in total. The van der Waals surface area contributed by atoms with Gasteiger partial charge in [-0.15, -0.1) is 0 Å². The number of nitrogens with two attached hydrogens (primary N) is 1. The third kappa shape index (κ3) is 5.65. The first-order valence-corrected chi connectivity index (χ1v) is 10.9. The molecule has 4 N–H and O–H groups in total. The van der Waals surface area contributed by atoms with E-state index in [0.717, 1.165) is 0 Å². The van der Waals surface area contributed by atoms with E-state index in [2.05, 4.69) is 5.32 Å². The van der Waals surface area contributed by atoms with Crippen LogP contribution in [0, 0.1) is 5.41 Å². The fraction of sp³-hybridized carbons (Fsp3) is 0.0909. The van der Waals surface area contributed by atoms with Gasteiger partial charge >= 0.3 is 13.7 Å². The van der Waals surface area contributed by atoms with Crippen LogP contribution in [0.2, 0.25) is 0 Å². The molecule has 0 saturated carbocycles. The summed E-state index contributed by atoms with van der Waals surface area (Å²) in [5.41, 5.74) is 6.42. The highest BCUT2D eigenvalue weighted by molar-refractivity contribution is 7.55. The Hall–Kier alpha value is -3.77. The number of amidine groups is 1. The van der Waals surface area contributed by atoms with Gasteiger partial charge in [0.25, 0.3) is 0 Å². The molecule has 1 amide bonds. The molecule has 3 rings (SSSR count). The van der Waals surface area contributed by atoms with E-state index < -0.39 is 19.5 Å². The molecule has 0 aliphatic heterocycles. The summed E-state index contributed by atoms with van der Waals surface area (Å²) in [5, 5.41) is 10.1. The zero-order valence-electron chi connectivity index (χ0n) is 16.7. The molecule has 9 heteroatoms. The summed E-state index contributed by atoms with van der Waals surface area (Å²) in [6.07, 6.45) is -0.811. The minimum Gasteiger partial charge on any atom is -0.453 e. The number of amides is 1. The Morgan fingerprint density at radius 1 is 0.903 bits per heavy atom. The summed E-state index contributed by atoms with van der Waals surface area (Å²) in [4.78, 5) is 12.1. The lowest BCUT2D eigenvalue weighted by Gasteiger charge is -2.28. The number of rotatable bonds is 8. The lowest BCUT2D eigenvalue weighted by atomic mass is 10.1. The molecule has 0 spiro atoms. The molecule has 0 bridgehead atoms. The molecule has 1 unspecified atom stereocenters. The van der Waals surface area contributed by atoms with E-state index in [4.69, 9.17) is 24.9 Å². The van der Waals surface area contributed by atoms with Gasteiger partial charge in [0.15, 0.2) is 5.78 Å². The van der Waals surface area contributed by atoms with Gasteiger partial charge in [-0.25, -0.2) is 9.36 Å². The van der Waals surface area contributed by atoms with Crippen LogP contribution in [-0.4, -0.2) is 19.0 Å². The second kappa shape index (κ2) is 9.82. The molecule has 0 heterocycles. The number of alkyl carbamates (subject to hydrolysis) is 1. The van der Waals surface area contributed by atoms with E-state index in [-0.39, 0.29) is 5.84 Å². The van der Waals surface area contributed by atoms with Crippen LogP contribution in [0.3, 0.4) is 0 Å². The third-order valence-corrected chi connectivity index (χ3v) is 6.24. The fourth-order valence-electron chi connectivity index (χ4n) is 2.74. The average Bonchev–Trinajstić information content (AvgIpc) is 2.78. The number of methoxy groups -OCH3 is 1. The standard InChI is InChI=1S/C22H22N3O5P/c1-28-22(26)25-21(17-14-12-16(13-15-17)20(23)24)31(27,29-18-8-4-2-5-9-18)30-19-10-6-3-7-11-19/h2-15,21H,1H3,(H3,23,24)(H,25,26). The normalized spacial score (nSPS) is 11.8. The van der Waals surface area contributed by atoms with Crippen molar-refractivity contribution in [3.8, 4) is 11.5 Å². The lowest BCUT2D eigenvalue weighted by Crippen LogP contribution is -2.31. The van der Waals surface area contributed by atoms with E-state index in [1.165, 1.54) is 7.11 Å². The molecular formula is C22H22N3O5P. The number of nitrogen functional groups attached to an aromatic ring is 1. The smallest absolute Gasteiger partial charge is 0.453 e. The Labute approximate surface area is 180 Å². The molecule has 0 aromatic heterocycles. The zero-order chi connectivity index (χ0) is 22.3. The molecule has 0 radical (unpaired) electrons. The fourth-order valence-corrected chi connectivity index (χ4v) is 4.62. The van der Waals surface area contributed by atoms with Gasteiger partial charge in [0.05, 0.1) is 7.11 Å². The summed E-state index contributed by atoms with van der Waals surface area (Å²) < 4.78 is 30.5. The maximum absolute atomic E-state index is 14.1. The quantitative estimate of drug-likeness (QED) is 0.266. The second-order valence-electron chi connectivity index (χ2n) is 6.42. The SMILES string of the molecule is COC(=O)NC(c1ccc(C(=N)N)cc1)P(=O)(Oc1ccccc1)Oc1ccccc1. The minimum atomic E-state index is -4.10. The van der Waals surface area contributed by atoms with Crippen molar-refractivity contribution in [2.75, 3.05) is 7.11 Å². The van der Waals surface area contributed by atoms with E-state index in [9.17, 15) is 9.36 Å².